The van der Waals surface area contributed by atoms with Crippen molar-refractivity contribution in [1.82, 2.24) is 5.32 Å². The number of carbonyl (C=O) groups is 1. The van der Waals surface area contributed by atoms with Gasteiger partial charge in [0, 0.05) is 5.92 Å². The van der Waals surface area contributed by atoms with E-state index in [1.54, 1.807) is 0 Å². The molecule has 0 aromatic carbocycles. The Morgan fingerprint density at radius 3 is 2.40 bits per heavy atom. The first-order valence-corrected chi connectivity index (χ1v) is 3.56. The fourth-order valence-electron chi connectivity index (χ4n) is 0.534. The number of carbonyl (C=O) groups excluding carboxylic acids is 1. The molecule has 1 amide bonds. The second kappa shape index (κ2) is 4.28. The Bertz CT molecular complexity index is 112. The molecule has 0 aromatic heterocycles. The van der Waals surface area contributed by atoms with Crippen LogP contribution in [0.2, 0.25) is 0 Å². The third-order valence-electron chi connectivity index (χ3n) is 1.41. The van der Waals surface area contributed by atoms with Crippen LogP contribution in [0, 0.1) is 5.92 Å². The summed E-state index contributed by atoms with van der Waals surface area (Å²) in [6.07, 6.45) is 0.0694. The van der Waals surface area contributed by atoms with Crippen molar-refractivity contribution in [3.8, 4) is 0 Å². The average molecular weight is 145 g/mol. The van der Waals surface area contributed by atoms with Gasteiger partial charge in [-0.15, -0.1) is 0 Å². The molecular formula is C7H15NO2. The minimum absolute atomic E-state index is 0.00500. The SMILES string of the molecule is CCC(C)C(=O)NC(C)O. The summed E-state index contributed by atoms with van der Waals surface area (Å²) in [5, 5.41) is 11.1. The molecule has 0 saturated carbocycles. The molecule has 3 heteroatoms. The van der Waals surface area contributed by atoms with Crippen LogP contribution in [-0.2, 0) is 4.79 Å². The van der Waals surface area contributed by atoms with E-state index in [0.717, 1.165) is 6.42 Å². The summed E-state index contributed by atoms with van der Waals surface area (Å²) >= 11 is 0. The van der Waals surface area contributed by atoms with Crippen LogP contribution in [0.3, 0.4) is 0 Å². The van der Waals surface area contributed by atoms with Crippen LogP contribution >= 0.6 is 0 Å². The van der Waals surface area contributed by atoms with E-state index in [1.165, 1.54) is 6.92 Å². The molecule has 10 heavy (non-hydrogen) atoms. The van der Waals surface area contributed by atoms with Gasteiger partial charge in [-0.2, -0.15) is 0 Å². The Kier molecular flexibility index (Phi) is 4.03. The molecule has 0 saturated heterocycles. The third-order valence-corrected chi connectivity index (χ3v) is 1.41. The normalized spacial score (nSPS) is 16.0. The number of nitrogens with one attached hydrogen (secondary N) is 1. The number of hydrogen-bond acceptors (Lipinski definition) is 2. The third kappa shape index (κ3) is 3.45. The van der Waals surface area contributed by atoms with Gasteiger partial charge in [-0.1, -0.05) is 13.8 Å². The molecule has 60 valence electrons. The summed E-state index contributed by atoms with van der Waals surface area (Å²) in [6.45, 7) is 5.30. The molecular weight excluding hydrogens is 130 g/mol. The van der Waals surface area contributed by atoms with Crippen molar-refractivity contribution < 1.29 is 9.90 Å². The summed E-state index contributed by atoms with van der Waals surface area (Å²) in [5.41, 5.74) is 0. The van der Waals surface area contributed by atoms with Crippen LogP contribution in [-0.4, -0.2) is 17.2 Å². The lowest BCUT2D eigenvalue weighted by Crippen LogP contribution is -2.35. The fraction of sp³-hybridized carbons (Fsp3) is 0.857. The van der Waals surface area contributed by atoms with Crippen LogP contribution in [0.5, 0.6) is 0 Å². The quantitative estimate of drug-likeness (QED) is 0.568. The molecule has 0 bridgehead atoms. The molecule has 0 aliphatic rings. The van der Waals surface area contributed by atoms with E-state index >= 15 is 0 Å². The van der Waals surface area contributed by atoms with Crippen molar-refractivity contribution in [2.75, 3.05) is 0 Å². The van der Waals surface area contributed by atoms with Gasteiger partial charge < -0.3 is 10.4 Å². The van der Waals surface area contributed by atoms with Crippen LogP contribution in [0.4, 0.5) is 0 Å². The van der Waals surface area contributed by atoms with Gasteiger partial charge in [-0.25, -0.2) is 0 Å². The Labute approximate surface area is 61.4 Å². The number of aliphatic hydroxyl groups is 1. The number of aliphatic hydroxyl groups excluding tert-OH is 1. The molecule has 0 aliphatic heterocycles. The average Bonchev–Trinajstić information content (AvgIpc) is 1.85. The Balaban J connectivity index is 3.62. The highest BCUT2D eigenvalue weighted by molar-refractivity contribution is 5.78. The zero-order chi connectivity index (χ0) is 8.15. The zero-order valence-corrected chi connectivity index (χ0v) is 6.72. The molecule has 0 radical (unpaired) electrons. The molecule has 0 heterocycles. The van der Waals surface area contributed by atoms with Crippen LogP contribution in [0.15, 0.2) is 0 Å². The number of amides is 1. The summed E-state index contributed by atoms with van der Waals surface area (Å²) in [4.78, 5) is 10.9. The largest absolute Gasteiger partial charge is 0.374 e. The first kappa shape index (κ1) is 9.43. The second-order valence-corrected chi connectivity index (χ2v) is 2.49. The molecule has 2 unspecified atom stereocenters. The highest BCUT2D eigenvalue weighted by Crippen LogP contribution is 1.99. The molecule has 0 fully saturated rings. The monoisotopic (exact) mass is 145 g/mol. The minimum Gasteiger partial charge on any atom is -0.374 e. The number of hydrogen-bond donors (Lipinski definition) is 2. The Morgan fingerprint density at radius 1 is 1.60 bits per heavy atom. The van der Waals surface area contributed by atoms with E-state index < -0.39 is 6.23 Å². The van der Waals surface area contributed by atoms with Gasteiger partial charge in [0.2, 0.25) is 5.91 Å². The highest BCUT2D eigenvalue weighted by Gasteiger charge is 2.10. The van der Waals surface area contributed by atoms with E-state index in [1.807, 2.05) is 13.8 Å². The molecule has 0 rings (SSSR count). The lowest BCUT2D eigenvalue weighted by molar-refractivity contribution is -0.127. The van der Waals surface area contributed by atoms with E-state index in [0.29, 0.717) is 0 Å². The van der Waals surface area contributed by atoms with Crippen LogP contribution < -0.4 is 5.32 Å². The van der Waals surface area contributed by atoms with Gasteiger partial charge in [0.1, 0.15) is 6.23 Å². The summed E-state index contributed by atoms with van der Waals surface area (Å²) < 4.78 is 0. The van der Waals surface area contributed by atoms with Crippen molar-refractivity contribution >= 4 is 5.91 Å². The first-order chi connectivity index (χ1) is 4.57. The fourth-order valence-corrected chi connectivity index (χ4v) is 0.534. The predicted molar refractivity (Wildman–Crippen MR) is 39.3 cm³/mol. The lowest BCUT2D eigenvalue weighted by Gasteiger charge is -2.11. The Hall–Kier alpha value is -0.570. The van der Waals surface area contributed by atoms with Gasteiger partial charge in [0.25, 0.3) is 0 Å². The maximum absolute atomic E-state index is 10.9. The maximum atomic E-state index is 10.9. The van der Waals surface area contributed by atoms with Gasteiger partial charge in [-0.3, -0.25) is 4.79 Å². The van der Waals surface area contributed by atoms with Gasteiger partial charge in [0.15, 0.2) is 0 Å². The number of rotatable bonds is 3. The minimum atomic E-state index is -0.735. The van der Waals surface area contributed by atoms with E-state index in [4.69, 9.17) is 5.11 Å². The van der Waals surface area contributed by atoms with Crippen LogP contribution in [0.25, 0.3) is 0 Å². The standard InChI is InChI=1S/C7H15NO2/c1-4-5(2)7(10)8-6(3)9/h5-6,9H,4H2,1-3H3,(H,8,10). The van der Waals surface area contributed by atoms with Crippen molar-refractivity contribution in [2.24, 2.45) is 5.92 Å². The molecule has 0 aliphatic carbocycles. The van der Waals surface area contributed by atoms with E-state index in [-0.39, 0.29) is 11.8 Å². The van der Waals surface area contributed by atoms with Crippen molar-refractivity contribution in [3.63, 3.8) is 0 Å². The van der Waals surface area contributed by atoms with Crippen LogP contribution in [0.1, 0.15) is 27.2 Å². The van der Waals surface area contributed by atoms with Gasteiger partial charge in [0.05, 0.1) is 0 Å². The van der Waals surface area contributed by atoms with Crippen molar-refractivity contribution in [2.45, 2.75) is 33.4 Å². The molecule has 2 N–H and O–H groups in total. The highest BCUT2D eigenvalue weighted by atomic mass is 16.3. The summed E-state index contributed by atoms with van der Waals surface area (Å²) in [7, 11) is 0. The van der Waals surface area contributed by atoms with E-state index in [2.05, 4.69) is 5.32 Å². The summed E-state index contributed by atoms with van der Waals surface area (Å²) in [6, 6.07) is 0. The predicted octanol–water partition coefficient (Wildman–Crippen LogP) is 0.487. The topological polar surface area (TPSA) is 49.3 Å². The maximum Gasteiger partial charge on any atom is 0.224 e. The van der Waals surface area contributed by atoms with Gasteiger partial charge >= 0.3 is 0 Å². The van der Waals surface area contributed by atoms with Gasteiger partial charge in [-0.05, 0) is 13.3 Å². The van der Waals surface area contributed by atoms with Crippen molar-refractivity contribution in [1.29, 1.82) is 0 Å². The lowest BCUT2D eigenvalue weighted by atomic mass is 10.1. The zero-order valence-electron chi connectivity index (χ0n) is 6.72. The second-order valence-electron chi connectivity index (χ2n) is 2.49. The van der Waals surface area contributed by atoms with Crippen molar-refractivity contribution in [3.05, 3.63) is 0 Å². The molecule has 2 atom stereocenters. The molecule has 0 spiro atoms. The Morgan fingerprint density at radius 2 is 2.10 bits per heavy atom. The molecule has 3 nitrogen and oxygen atoms in total. The molecule has 0 aromatic rings. The first-order valence-electron chi connectivity index (χ1n) is 3.56. The summed E-state index contributed by atoms with van der Waals surface area (Å²) in [5.74, 6) is -0.0906. The van der Waals surface area contributed by atoms with E-state index in [9.17, 15) is 4.79 Å². The smallest absolute Gasteiger partial charge is 0.224 e.